The summed E-state index contributed by atoms with van der Waals surface area (Å²) in [6.07, 6.45) is 87.0. The van der Waals surface area contributed by atoms with Crippen LogP contribution in [0, 0.1) is 0 Å². The Morgan fingerprint density at radius 1 is 0.342 bits per heavy atom. The lowest BCUT2D eigenvalue weighted by molar-refractivity contribution is -0.143. The van der Waals surface area contributed by atoms with E-state index < -0.39 is 12.1 Å². The number of nitrogens with one attached hydrogen (secondary N) is 1. The highest BCUT2D eigenvalue weighted by atomic mass is 16.5. The normalized spacial score (nSPS) is 12.6. The number of carbonyl (C=O) groups excluding carboxylic acids is 2. The molecular weight excluding hydrogens is 971 g/mol. The highest BCUT2D eigenvalue weighted by Gasteiger charge is 2.18. The van der Waals surface area contributed by atoms with Crippen molar-refractivity contribution in [1.82, 2.24) is 5.32 Å². The van der Waals surface area contributed by atoms with Crippen LogP contribution in [-0.4, -0.2) is 47.4 Å². The van der Waals surface area contributed by atoms with E-state index in [2.05, 4.69) is 31.3 Å². The van der Waals surface area contributed by atoms with E-state index >= 15 is 0 Å². The Morgan fingerprint density at radius 3 is 0.937 bits per heavy atom. The molecule has 0 aromatic rings. The number of allylic oxidation sites excluding steroid dienone is 3. The molecule has 0 bridgehead atoms. The van der Waals surface area contributed by atoms with Gasteiger partial charge in [-0.15, -0.1) is 0 Å². The van der Waals surface area contributed by atoms with Gasteiger partial charge >= 0.3 is 5.97 Å². The van der Waals surface area contributed by atoms with Crippen LogP contribution < -0.4 is 5.32 Å². The Morgan fingerprint density at radius 2 is 0.608 bits per heavy atom. The zero-order valence-corrected chi connectivity index (χ0v) is 53.6. The number of amides is 1. The van der Waals surface area contributed by atoms with Gasteiger partial charge in [0.15, 0.2) is 0 Å². The molecule has 3 N–H and O–H groups in total. The minimum absolute atomic E-state index is 0.00647. The molecule has 1 amide bonds. The summed E-state index contributed by atoms with van der Waals surface area (Å²) < 4.78 is 5.47. The first-order valence-electron chi connectivity index (χ1n) is 36.1. The first kappa shape index (κ1) is 77.3. The fraction of sp³-hybridized carbons (Fsp3) is 0.918. The van der Waals surface area contributed by atoms with Crippen LogP contribution in [0.1, 0.15) is 406 Å². The van der Waals surface area contributed by atoms with Gasteiger partial charge in [0.25, 0.3) is 0 Å². The molecule has 2 atom stereocenters. The van der Waals surface area contributed by atoms with Crippen LogP contribution >= 0.6 is 0 Å². The van der Waals surface area contributed by atoms with Gasteiger partial charge in [0.1, 0.15) is 0 Å². The molecule has 0 fully saturated rings. The van der Waals surface area contributed by atoms with Crippen molar-refractivity contribution in [2.45, 2.75) is 418 Å². The first-order chi connectivity index (χ1) is 39.0. The second-order valence-corrected chi connectivity index (χ2v) is 24.9. The quantitative estimate of drug-likeness (QED) is 0.0320. The van der Waals surface area contributed by atoms with E-state index in [1.165, 1.54) is 334 Å². The minimum Gasteiger partial charge on any atom is -0.466 e. The summed E-state index contributed by atoms with van der Waals surface area (Å²) in [4.78, 5) is 24.5. The van der Waals surface area contributed by atoms with Crippen LogP contribution in [0.4, 0.5) is 0 Å². The molecule has 0 aliphatic carbocycles. The van der Waals surface area contributed by atoms with Crippen LogP contribution in [0.5, 0.6) is 0 Å². The molecule has 0 aliphatic rings. The smallest absolute Gasteiger partial charge is 0.305 e. The zero-order valence-electron chi connectivity index (χ0n) is 53.6. The first-order valence-corrected chi connectivity index (χ1v) is 36.1. The summed E-state index contributed by atoms with van der Waals surface area (Å²) in [5, 5.41) is 23.3. The van der Waals surface area contributed by atoms with Crippen molar-refractivity contribution in [1.29, 1.82) is 0 Å². The van der Waals surface area contributed by atoms with Crippen molar-refractivity contribution in [2.24, 2.45) is 0 Å². The standard InChI is InChI=1S/C73H141NO5/c1-3-5-7-9-11-13-15-16-17-18-19-20-21-24-27-30-33-36-39-42-46-49-53-57-61-65-71(76)70(69-75)74-72(77)66-62-58-54-50-47-43-40-37-34-31-28-25-22-23-26-29-32-35-38-41-44-48-52-56-60-64-68-79-73(78)67-63-59-55-51-45-14-12-10-8-6-4-2/h10,12,61,65,70-71,75-76H,3-9,11,13-60,62-64,66-69H2,1-2H3,(H,74,77)/b12-10-,65-61+. The molecule has 0 saturated heterocycles. The Hall–Kier alpha value is -1.66. The van der Waals surface area contributed by atoms with Gasteiger partial charge in [0.05, 0.1) is 25.4 Å². The maximum Gasteiger partial charge on any atom is 0.305 e. The van der Waals surface area contributed by atoms with Crippen molar-refractivity contribution in [3.63, 3.8) is 0 Å². The van der Waals surface area contributed by atoms with Crippen molar-refractivity contribution in [2.75, 3.05) is 13.2 Å². The van der Waals surface area contributed by atoms with Crippen LogP contribution in [-0.2, 0) is 14.3 Å². The number of ether oxygens (including phenoxy) is 1. The molecular formula is C73H141NO5. The second-order valence-electron chi connectivity index (χ2n) is 24.9. The summed E-state index contributed by atoms with van der Waals surface area (Å²) in [6.45, 7) is 4.91. The number of aliphatic hydroxyl groups excluding tert-OH is 2. The van der Waals surface area contributed by atoms with Gasteiger partial charge in [-0.1, -0.05) is 366 Å². The number of esters is 1. The summed E-state index contributed by atoms with van der Waals surface area (Å²) in [5.41, 5.74) is 0. The molecule has 468 valence electrons. The third kappa shape index (κ3) is 65.4. The lowest BCUT2D eigenvalue weighted by atomic mass is 10.0. The van der Waals surface area contributed by atoms with E-state index in [4.69, 9.17) is 4.74 Å². The third-order valence-corrected chi connectivity index (χ3v) is 17.0. The third-order valence-electron chi connectivity index (χ3n) is 17.0. The van der Waals surface area contributed by atoms with E-state index in [9.17, 15) is 19.8 Å². The topological polar surface area (TPSA) is 95.9 Å². The summed E-state index contributed by atoms with van der Waals surface area (Å²) >= 11 is 0. The minimum atomic E-state index is -0.844. The van der Waals surface area contributed by atoms with Gasteiger partial charge in [-0.2, -0.15) is 0 Å². The average Bonchev–Trinajstić information content (AvgIpc) is 3.45. The Bertz CT molecular complexity index is 1230. The van der Waals surface area contributed by atoms with E-state index in [0.29, 0.717) is 19.4 Å². The molecule has 0 heterocycles. The van der Waals surface area contributed by atoms with Gasteiger partial charge in [-0.25, -0.2) is 0 Å². The summed E-state index contributed by atoms with van der Waals surface area (Å²) in [6, 6.07) is -0.627. The maximum absolute atomic E-state index is 12.5. The Labute approximate surface area is 494 Å². The predicted molar refractivity (Wildman–Crippen MR) is 347 cm³/mol. The summed E-state index contributed by atoms with van der Waals surface area (Å²) in [5.74, 6) is -0.0545. The average molecular weight is 1110 g/mol. The number of hydrogen-bond acceptors (Lipinski definition) is 5. The van der Waals surface area contributed by atoms with Gasteiger partial charge in [0.2, 0.25) is 5.91 Å². The van der Waals surface area contributed by atoms with Crippen LogP contribution in [0.3, 0.4) is 0 Å². The molecule has 0 radical (unpaired) electrons. The predicted octanol–water partition coefficient (Wildman–Crippen LogP) is 23.3. The highest BCUT2D eigenvalue weighted by Crippen LogP contribution is 2.19. The Balaban J connectivity index is 3.39. The number of aliphatic hydroxyl groups is 2. The number of unbranched alkanes of at least 4 members (excludes halogenated alkanes) is 55. The molecule has 0 aromatic heterocycles. The van der Waals surface area contributed by atoms with Crippen molar-refractivity contribution >= 4 is 11.9 Å². The maximum atomic E-state index is 12.5. The molecule has 0 rings (SSSR count). The molecule has 79 heavy (non-hydrogen) atoms. The number of rotatable bonds is 68. The van der Waals surface area contributed by atoms with Crippen LogP contribution in [0.15, 0.2) is 24.3 Å². The molecule has 6 heteroatoms. The second kappa shape index (κ2) is 68.8. The molecule has 0 saturated carbocycles. The van der Waals surface area contributed by atoms with E-state index in [0.717, 1.165) is 44.9 Å². The SMILES string of the molecule is CCCC/C=C\CCCCCCCC(=O)OCCCCCCCCCCCCCCCCCCCCCCCCCCCCC(=O)NC(CO)C(O)/C=C/CCCCCCCCCCCCCCCCCCCCCCCCC. The van der Waals surface area contributed by atoms with Gasteiger partial charge < -0.3 is 20.3 Å². The van der Waals surface area contributed by atoms with Gasteiger partial charge in [-0.3, -0.25) is 9.59 Å². The molecule has 0 spiro atoms. The van der Waals surface area contributed by atoms with E-state index in [1.54, 1.807) is 6.08 Å². The van der Waals surface area contributed by atoms with Gasteiger partial charge in [-0.05, 0) is 51.4 Å². The molecule has 6 nitrogen and oxygen atoms in total. The van der Waals surface area contributed by atoms with Gasteiger partial charge in [0, 0.05) is 12.8 Å². The molecule has 2 unspecified atom stereocenters. The number of hydrogen-bond donors (Lipinski definition) is 3. The van der Waals surface area contributed by atoms with E-state index in [1.807, 2.05) is 6.08 Å². The lowest BCUT2D eigenvalue weighted by Crippen LogP contribution is -2.45. The number of carbonyl (C=O) groups is 2. The lowest BCUT2D eigenvalue weighted by Gasteiger charge is -2.20. The van der Waals surface area contributed by atoms with Crippen molar-refractivity contribution in [3.05, 3.63) is 24.3 Å². The monoisotopic (exact) mass is 1110 g/mol. The fourth-order valence-corrected chi connectivity index (χ4v) is 11.4. The molecule has 0 aromatic carbocycles. The van der Waals surface area contributed by atoms with E-state index in [-0.39, 0.29) is 18.5 Å². The fourth-order valence-electron chi connectivity index (χ4n) is 11.4. The van der Waals surface area contributed by atoms with Crippen LogP contribution in [0.2, 0.25) is 0 Å². The zero-order chi connectivity index (χ0) is 57.1. The highest BCUT2D eigenvalue weighted by molar-refractivity contribution is 5.76. The van der Waals surface area contributed by atoms with Crippen molar-refractivity contribution < 1.29 is 24.5 Å². The van der Waals surface area contributed by atoms with Crippen molar-refractivity contribution in [3.8, 4) is 0 Å². The van der Waals surface area contributed by atoms with Crippen LogP contribution in [0.25, 0.3) is 0 Å². The summed E-state index contributed by atoms with van der Waals surface area (Å²) in [7, 11) is 0. The Kier molecular flexibility index (Phi) is 67.4. The molecule has 0 aliphatic heterocycles. The largest absolute Gasteiger partial charge is 0.466 e.